The van der Waals surface area contributed by atoms with Gasteiger partial charge in [0.15, 0.2) is 0 Å². The maximum absolute atomic E-state index is 10.8. The van der Waals surface area contributed by atoms with Gasteiger partial charge in [0, 0.05) is 0 Å². The fourth-order valence-corrected chi connectivity index (χ4v) is 2.65. The number of benzene rings is 2. The van der Waals surface area contributed by atoms with E-state index in [1.807, 2.05) is 30.3 Å². The third-order valence-corrected chi connectivity index (χ3v) is 3.51. The number of aliphatic carboxylic acids is 1. The fraction of sp³-hybridized carbons (Fsp3) is 0.188. The summed E-state index contributed by atoms with van der Waals surface area (Å²) in [5, 5.41) is 8.84. The number of methoxy groups -OCH3 is 1. The van der Waals surface area contributed by atoms with Crippen molar-refractivity contribution in [3.63, 3.8) is 0 Å². The van der Waals surface area contributed by atoms with Crippen molar-refractivity contribution in [3.05, 3.63) is 53.1 Å². The molecule has 0 aliphatic heterocycles. The first-order chi connectivity index (χ1) is 9.17. The number of hydrogen-bond acceptors (Lipinski definition) is 2. The van der Waals surface area contributed by atoms with Crippen LogP contribution in [0.4, 0.5) is 0 Å². The van der Waals surface area contributed by atoms with Crippen LogP contribution in [0.25, 0.3) is 11.1 Å². The second-order valence-electron chi connectivity index (χ2n) is 4.76. The van der Waals surface area contributed by atoms with Gasteiger partial charge in [-0.25, -0.2) is 0 Å². The van der Waals surface area contributed by atoms with Crippen LogP contribution in [-0.4, -0.2) is 18.2 Å². The molecule has 0 aromatic heterocycles. The Bertz CT molecular complexity index is 659. The van der Waals surface area contributed by atoms with E-state index in [2.05, 4.69) is 6.07 Å². The highest BCUT2D eigenvalue weighted by atomic mass is 16.5. The van der Waals surface area contributed by atoms with Crippen LogP contribution >= 0.6 is 0 Å². The zero-order valence-electron chi connectivity index (χ0n) is 10.6. The van der Waals surface area contributed by atoms with Gasteiger partial charge in [0.2, 0.25) is 0 Å². The Morgan fingerprint density at radius 2 is 1.84 bits per heavy atom. The van der Waals surface area contributed by atoms with Crippen LogP contribution in [0.15, 0.2) is 36.4 Å². The molecule has 0 saturated carbocycles. The van der Waals surface area contributed by atoms with E-state index < -0.39 is 5.97 Å². The van der Waals surface area contributed by atoms with Gasteiger partial charge in [0.05, 0.1) is 13.5 Å². The number of fused-ring (bicyclic) bond motifs is 3. The third kappa shape index (κ3) is 2.08. The average Bonchev–Trinajstić information content (AvgIpc) is 2.74. The minimum Gasteiger partial charge on any atom is -0.497 e. The van der Waals surface area contributed by atoms with Crippen LogP contribution in [-0.2, 0) is 17.6 Å². The first-order valence-corrected chi connectivity index (χ1v) is 6.18. The molecule has 3 rings (SSSR count). The minimum atomic E-state index is -0.794. The number of carboxylic acids is 1. The maximum Gasteiger partial charge on any atom is 0.307 e. The van der Waals surface area contributed by atoms with Gasteiger partial charge in [-0.2, -0.15) is 0 Å². The summed E-state index contributed by atoms with van der Waals surface area (Å²) in [6.45, 7) is 0. The summed E-state index contributed by atoms with van der Waals surface area (Å²) in [5.41, 5.74) is 5.71. The Morgan fingerprint density at radius 3 is 2.53 bits per heavy atom. The molecule has 0 amide bonds. The van der Waals surface area contributed by atoms with Gasteiger partial charge in [-0.15, -0.1) is 0 Å². The van der Waals surface area contributed by atoms with E-state index in [1.54, 1.807) is 7.11 Å². The van der Waals surface area contributed by atoms with E-state index in [9.17, 15) is 4.79 Å². The highest BCUT2D eigenvalue weighted by Gasteiger charge is 2.19. The zero-order valence-corrected chi connectivity index (χ0v) is 10.6. The van der Waals surface area contributed by atoms with Crippen LogP contribution in [0.1, 0.15) is 16.7 Å². The summed E-state index contributed by atoms with van der Waals surface area (Å²) < 4.78 is 5.24. The lowest BCUT2D eigenvalue weighted by Gasteiger charge is -2.04. The lowest BCUT2D eigenvalue weighted by atomic mass is 10.0. The SMILES string of the molecule is COc1ccc2c(c1)Cc1cc(CC(=O)O)ccc1-2. The molecular formula is C16H14O3. The van der Waals surface area contributed by atoms with Gasteiger partial charge >= 0.3 is 5.97 Å². The first-order valence-electron chi connectivity index (χ1n) is 6.18. The normalized spacial score (nSPS) is 11.8. The molecule has 3 nitrogen and oxygen atoms in total. The van der Waals surface area contributed by atoms with Gasteiger partial charge in [-0.3, -0.25) is 4.79 Å². The van der Waals surface area contributed by atoms with E-state index >= 15 is 0 Å². The van der Waals surface area contributed by atoms with Gasteiger partial charge in [0.1, 0.15) is 5.75 Å². The topological polar surface area (TPSA) is 46.5 Å². The Labute approximate surface area is 111 Å². The molecule has 0 fully saturated rings. The Morgan fingerprint density at radius 1 is 1.16 bits per heavy atom. The molecular weight excluding hydrogens is 240 g/mol. The fourth-order valence-electron chi connectivity index (χ4n) is 2.65. The largest absolute Gasteiger partial charge is 0.497 e. The smallest absolute Gasteiger partial charge is 0.307 e. The van der Waals surface area contributed by atoms with Crippen molar-refractivity contribution < 1.29 is 14.6 Å². The molecule has 0 radical (unpaired) electrons. The molecule has 0 atom stereocenters. The molecule has 2 aromatic carbocycles. The van der Waals surface area contributed by atoms with Gasteiger partial charge in [0.25, 0.3) is 0 Å². The van der Waals surface area contributed by atoms with Crippen LogP contribution in [0.5, 0.6) is 5.75 Å². The molecule has 1 aliphatic carbocycles. The minimum absolute atomic E-state index is 0.0763. The molecule has 1 N–H and O–H groups in total. The molecule has 0 spiro atoms. The van der Waals surface area contributed by atoms with Gasteiger partial charge in [-0.05, 0) is 46.4 Å². The predicted molar refractivity (Wildman–Crippen MR) is 72.6 cm³/mol. The van der Waals surface area contributed by atoms with E-state index in [4.69, 9.17) is 9.84 Å². The van der Waals surface area contributed by atoms with Crippen molar-refractivity contribution in [2.45, 2.75) is 12.8 Å². The molecule has 96 valence electrons. The lowest BCUT2D eigenvalue weighted by Crippen LogP contribution is -2.00. The molecule has 19 heavy (non-hydrogen) atoms. The van der Waals surface area contributed by atoms with Crippen LogP contribution < -0.4 is 4.74 Å². The van der Waals surface area contributed by atoms with Gasteiger partial charge < -0.3 is 9.84 Å². The quantitative estimate of drug-likeness (QED) is 0.781. The van der Waals surface area contributed by atoms with Crippen molar-refractivity contribution >= 4 is 5.97 Å². The van der Waals surface area contributed by atoms with Crippen LogP contribution in [0.3, 0.4) is 0 Å². The third-order valence-electron chi connectivity index (χ3n) is 3.51. The second kappa shape index (κ2) is 4.43. The number of hydrogen-bond donors (Lipinski definition) is 1. The van der Waals surface area contributed by atoms with Crippen LogP contribution in [0.2, 0.25) is 0 Å². The lowest BCUT2D eigenvalue weighted by molar-refractivity contribution is -0.136. The monoisotopic (exact) mass is 254 g/mol. The van der Waals surface area contributed by atoms with E-state index in [0.29, 0.717) is 0 Å². The molecule has 0 heterocycles. The zero-order chi connectivity index (χ0) is 13.4. The Hall–Kier alpha value is -2.29. The first kappa shape index (κ1) is 11.8. The molecule has 0 unspecified atom stereocenters. The van der Waals surface area contributed by atoms with E-state index in [-0.39, 0.29) is 6.42 Å². The van der Waals surface area contributed by atoms with Crippen LogP contribution in [0, 0.1) is 0 Å². The maximum atomic E-state index is 10.8. The summed E-state index contributed by atoms with van der Waals surface area (Å²) in [6, 6.07) is 12.0. The molecule has 0 saturated heterocycles. The highest BCUT2D eigenvalue weighted by Crippen LogP contribution is 2.38. The van der Waals surface area contributed by atoms with Crippen molar-refractivity contribution in [1.82, 2.24) is 0 Å². The second-order valence-corrected chi connectivity index (χ2v) is 4.76. The van der Waals surface area contributed by atoms with Crippen molar-refractivity contribution in [2.75, 3.05) is 7.11 Å². The predicted octanol–water partition coefficient (Wildman–Crippen LogP) is 2.89. The number of ether oxygens (including phenoxy) is 1. The molecule has 3 heteroatoms. The Balaban J connectivity index is 2.00. The number of carboxylic acid groups (broad SMARTS) is 1. The van der Waals surface area contributed by atoms with E-state index in [1.165, 1.54) is 22.3 Å². The summed E-state index contributed by atoms with van der Waals surface area (Å²) >= 11 is 0. The average molecular weight is 254 g/mol. The van der Waals surface area contributed by atoms with Crippen molar-refractivity contribution in [1.29, 1.82) is 0 Å². The summed E-state index contributed by atoms with van der Waals surface area (Å²) in [5.74, 6) is 0.0643. The Kier molecular flexibility index (Phi) is 2.75. The van der Waals surface area contributed by atoms with E-state index in [0.717, 1.165) is 17.7 Å². The summed E-state index contributed by atoms with van der Waals surface area (Å²) in [7, 11) is 1.66. The number of carbonyl (C=O) groups is 1. The standard InChI is InChI=1S/C16H14O3/c1-19-13-3-5-15-12(9-13)8-11-6-10(7-16(17)18)2-4-14(11)15/h2-6,9H,7-8H2,1H3,(H,17,18). The molecule has 1 aliphatic rings. The number of rotatable bonds is 3. The van der Waals surface area contributed by atoms with Gasteiger partial charge in [-0.1, -0.05) is 24.3 Å². The molecule has 0 bridgehead atoms. The molecule has 2 aromatic rings. The summed E-state index contributed by atoms with van der Waals surface area (Å²) in [4.78, 5) is 10.8. The summed E-state index contributed by atoms with van der Waals surface area (Å²) in [6.07, 6.45) is 0.919. The van der Waals surface area contributed by atoms with Crippen molar-refractivity contribution in [2.24, 2.45) is 0 Å². The highest BCUT2D eigenvalue weighted by molar-refractivity contribution is 5.78. The van der Waals surface area contributed by atoms with Crippen molar-refractivity contribution in [3.8, 4) is 16.9 Å².